The topological polar surface area (TPSA) is 60.9 Å². The zero-order valence-electron chi connectivity index (χ0n) is 10.7. The molecule has 0 aliphatic rings. The maximum absolute atomic E-state index is 11.5. The van der Waals surface area contributed by atoms with Crippen molar-refractivity contribution >= 4 is 11.9 Å². The van der Waals surface area contributed by atoms with Crippen molar-refractivity contribution in [3.05, 3.63) is 0 Å². The van der Waals surface area contributed by atoms with Gasteiger partial charge >= 0.3 is 5.97 Å². The number of aliphatic carboxylic acids is 1. The summed E-state index contributed by atoms with van der Waals surface area (Å²) in [7, 11) is 3.39. The number of carboxylic acid groups (broad SMARTS) is 1. The highest BCUT2D eigenvalue weighted by Crippen LogP contribution is 2.11. The van der Waals surface area contributed by atoms with Gasteiger partial charge in [-0.25, -0.2) is 0 Å². The molecule has 1 N–H and O–H groups in total. The molecule has 0 saturated carbocycles. The summed E-state index contributed by atoms with van der Waals surface area (Å²) in [5.74, 6) is -1.32. The molecule has 1 amide bonds. The fourth-order valence-corrected chi connectivity index (χ4v) is 1.38. The van der Waals surface area contributed by atoms with Gasteiger partial charge in [-0.1, -0.05) is 13.8 Å². The normalized spacial score (nSPS) is 14.6. The molecule has 0 saturated heterocycles. The third-order valence-corrected chi connectivity index (χ3v) is 2.93. The van der Waals surface area contributed by atoms with Gasteiger partial charge in [0, 0.05) is 20.1 Å². The summed E-state index contributed by atoms with van der Waals surface area (Å²) in [6.07, 6.45) is 0. The zero-order chi connectivity index (χ0) is 12.9. The van der Waals surface area contributed by atoms with E-state index >= 15 is 0 Å². The van der Waals surface area contributed by atoms with Crippen molar-refractivity contribution in [2.75, 3.05) is 27.2 Å². The molecule has 5 heteroatoms. The van der Waals surface area contributed by atoms with Crippen molar-refractivity contribution in [1.29, 1.82) is 0 Å². The predicted molar refractivity (Wildman–Crippen MR) is 62.2 cm³/mol. The first-order valence-electron chi connectivity index (χ1n) is 5.48. The van der Waals surface area contributed by atoms with E-state index in [4.69, 9.17) is 5.11 Å². The summed E-state index contributed by atoms with van der Waals surface area (Å²) >= 11 is 0. The van der Waals surface area contributed by atoms with Gasteiger partial charge in [0.15, 0.2) is 0 Å². The third-order valence-electron chi connectivity index (χ3n) is 2.93. The van der Waals surface area contributed by atoms with E-state index in [1.165, 1.54) is 4.90 Å². The maximum atomic E-state index is 11.5. The van der Waals surface area contributed by atoms with Crippen LogP contribution in [0.15, 0.2) is 0 Å². The van der Waals surface area contributed by atoms with Crippen LogP contribution in [0.3, 0.4) is 0 Å². The summed E-state index contributed by atoms with van der Waals surface area (Å²) in [6, 6.07) is -0.147. The van der Waals surface area contributed by atoms with Gasteiger partial charge < -0.3 is 10.0 Å². The standard InChI is InChI=1S/C11H22N2O3/c1-6-13(7-10(14)12(4)5)9(3)8(2)11(15)16/h8-9H,6-7H2,1-5H3,(H,15,16). The monoisotopic (exact) mass is 230 g/mol. The second kappa shape index (κ2) is 6.48. The number of likely N-dealkylation sites (N-methyl/N-ethyl adjacent to an activating group) is 2. The van der Waals surface area contributed by atoms with Crippen LogP contribution in [0.4, 0.5) is 0 Å². The van der Waals surface area contributed by atoms with Crippen LogP contribution < -0.4 is 0 Å². The van der Waals surface area contributed by atoms with E-state index in [1.807, 2.05) is 18.7 Å². The summed E-state index contributed by atoms with van der Waals surface area (Å²) in [6.45, 7) is 6.36. The number of hydrogen-bond donors (Lipinski definition) is 1. The average molecular weight is 230 g/mol. The number of carbonyl (C=O) groups is 2. The van der Waals surface area contributed by atoms with E-state index in [0.717, 1.165) is 0 Å². The highest BCUT2D eigenvalue weighted by Gasteiger charge is 2.25. The first-order valence-corrected chi connectivity index (χ1v) is 5.48. The number of carbonyl (C=O) groups excluding carboxylic acids is 1. The zero-order valence-corrected chi connectivity index (χ0v) is 10.7. The van der Waals surface area contributed by atoms with Crippen LogP contribution in [0.5, 0.6) is 0 Å². The lowest BCUT2D eigenvalue weighted by molar-refractivity contribution is -0.144. The van der Waals surface area contributed by atoms with Crippen LogP contribution in [-0.4, -0.2) is 60.0 Å². The summed E-state index contributed by atoms with van der Waals surface area (Å²) in [5.41, 5.74) is 0. The fraction of sp³-hybridized carbons (Fsp3) is 0.818. The van der Waals surface area contributed by atoms with E-state index in [2.05, 4.69) is 0 Å². The van der Waals surface area contributed by atoms with E-state index in [-0.39, 0.29) is 18.5 Å². The number of nitrogens with zero attached hydrogens (tertiary/aromatic N) is 2. The van der Waals surface area contributed by atoms with Crippen molar-refractivity contribution in [3.63, 3.8) is 0 Å². The lowest BCUT2D eigenvalue weighted by atomic mass is 10.0. The van der Waals surface area contributed by atoms with Gasteiger partial charge in [0.2, 0.25) is 5.91 Å². The Morgan fingerprint density at radius 1 is 1.25 bits per heavy atom. The Labute approximate surface area is 97.0 Å². The number of carboxylic acids is 1. The van der Waals surface area contributed by atoms with Gasteiger partial charge in [-0.3, -0.25) is 14.5 Å². The lowest BCUT2D eigenvalue weighted by Gasteiger charge is -2.30. The van der Waals surface area contributed by atoms with E-state index in [0.29, 0.717) is 6.54 Å². The number of amides is 1. The lowest BCUT2D eigenvalue weighted by Crippen LogP contribution is -2.45. The summed E-state index contributed by atoms with van der Waals surface area (Å²) in [4.78, 5) is 25.8. The smallest absolute Gasteiger partial charge is 0.307 e. The molecule has 5 nitrogen and oxygen atoms in total. The molecule has 0 fully saturated rings. The molecule has 0 aliphatic carbocycles. The Balaban J connectivity index is 4.49. The van der Waals surface area contributed by atoms with Crippen LogP contribution in [0, 0.1) is 5.92 Å². The van der Waals surface area contributed by atoms with Crippen LogP contribution >= 0.6 is 0 Å². The number of hydrogen-bond acceptors (Lipinski definition) is 3. The van der Waals surface area contributed by atoms with Gasteiger partial charge in [0.05, 0.1) is 12.5 Å². The molecule has 0 aromatic carbocycles. The first kappa shape index (κ1) is 14.9. The minimum Gasteiger partial charge on any atom is -0.481 e. The molecular weight excluding hydrogens is 208 g/mol. The summed E-state index contributed by atoms with van der Waals surface area (Å²) < 4.78 is 0. The van der Waals surface area contributed by atoms with Crippen LogP contribution in [-0.2, 0) is 9.59 Å². The highest BCUT2D eigenvalue weighted by atomic mass is 16.4. The van der Waals surface area contributed by atoms with Gasteiger partial charge in [0.1, 0.15) is 0 Å². The van der Waals surface area contributed by atoms with Gasteiger partial charge in [0.25, 0.3) is 0 Å². The van der Waals surface area contributed by atoms with Crippen molar-refractivity contribution in [2.45, 2.75) is 26.8 Å². The SMILES string of the molecule is CCN(CC(=O)N(C)C)C(C)C(C)C(=O)O. The molecule has 0 radical (unpaired) electrons. The molecule has 0 heterocycles. The van der Waals surface area contributed by atoms with E-state index in [1.54, 1.807) is 21.0 Å². The maximum Gasteiger partial charge on any atom is 0.307 e. The van der Waals surface area contributed by atoms with Gasteiger partial charge in [-0.2, -0.15) is 0 Å². The van der Waals surface area contributed by atoms with Crippen molar-refractivity contribution < 1.29 is 14.7 Å². The fourth-order valence-electron chi connectivity index (χ4n) is 1.38. The Hall–Kier alpha value is -1.10. The molecule has 16 heavy (non-hydrogen) atoms. The second-order valence-electron chi connectivity index (χ2n) is 4.22. The quantitative estimate of drug-likeness (QED) is 0.722. The Morgan fingerprint density at radius 3 is 2.06 bits per heavy atom. The molecule has 0 aromatic heterocycles. The third kappa shape index (κ3) is 4.18. The molecular formula is C11H22N2O3. The van der Waals surface area contributed by atoms with Crippen LogP contribution in [0.2, 0.25) is 0 Å². The average Bonchev–Trinajstić information content (AvgIpc) is 2.22. The molecule has 0 aromatic rings. The predicted octanol–water partition coefficient (Wildman–Crippen LogP) is 0.506. The Bertz CT molecular complexity index is 254. The van der Waals surface area contributed by atoms with Crippen molar-refractivity contribution in [1.82, 2.24) is 9.80 Å². The molecule has 2 atom stereocenters. The van der Waals surface area contributed by atoms with Crippen LogP contribution in [0.1, 0.15) is 20.8 Å². The minimum absolute atomic E-state index is 0.00807. The molecule has 0 bridgehead atoms. The summed E-state index contributed by atoms with van der Waals surface area (Å²) in [5, 5.41) is 8.92. The second-order valence-corrected chi connectivity index (χ2v) is 4.22. The largest absolute Gasteiger partial charge is 0.481 e. The van der Waals surface area contributed by atoms with Crippen LogP contribution in [0.25, 0.3) is 0 Å². The molecule has 2 unspecified atom stereocenters. The Kier molecular flexibility index (Phi) is 6.03. The van der Waals surface area contributed by atoms with E-state index in [9.17, 15) is 9.59 Å². The number of rotatable bonds is 6. The van der Waals surface area contributed by atoms with Crippen molar-refractivity contribution in [2.24, 2.45) is 5.92 Å². The molecule has 0 spiro atoms. The molecule has 0 rings (SSSR count). The van der Waals surface area contributed by atoms with Gasteiger partial charge in [-0.05, 0) is 13.5 Å². The highest BCUT2D eigenvalue weighted by molar-refractivity contribution is 5.78. The molecule has 0 aliphatic heterocycles. The van der Waals surface area contributed by atoms with E-state index < -0.39 is 11.9 Å². The molecule has 94 valence electrons. The van der Waals surface area contributed by atoms with Gasteiger partial charge in [-0.15, -0.1) is 0 Å². The van der Waals surface area contributed by atoms with Crippen molar-refractivity contribution in [3.8, 4) is 0 Å². The first-order chi connectivity index (χ1) is 7.31. The minimum atomic E-state index is -0.830. The Morgan fingerprint density at radius 2 is 1.75 bits per heavy atom.